The monoisotopic (exact) mass is 526 g/mol. The molecule has 2 heterocycles. The Bertz CT molecular complexity index is 1080. The van der Waals surface area contributed by atoms with Crippen LogP contribution in [0.1, 0.15) is 75.3 Å². The summed E-state index contributed by atoms with van der Waals surface area (Å²) >= 11 is 0. The Kier molecular flexibility index (Phi) is 10.0. The third kappa shape index (κ3) is 7.48. The highest BCUT2D eigenvalue weighted by molar-refractivity contribution is 5.96. The number of methoxy groups -OCH3 is 1. The molecule has 0 bridgehead atoms. The molecular formula is C30H42N2O6. The minimum atomic E-state index is -0.871. The van der Waals surface area contributed by atoms with E-state index < -0.39 is 12.1 Å². The number of aliphatic hydroxyl groups excluding tert-OH is 1. The van der Waals surface area contributed by atoms with Crippen LogP contribution in [-0.2, 0) is 4.79 Å². The third-order valence-corrected chi connectivity index (χ3v) is 7.48. The maximum absolute atomic E-state index is 12.9. The van der Waals surface area contributed by atoms with Gasteiger partial charge in [-0.2, -0.15) is 0 Å². The number of ketones is 1. The first-order chi connectivity index (χ1) is 18.4. The SMILES string of the molecule is COc1ccc(C(=O)CCCCCC(=O)N[C@H](CN2CCC[C@@H]2C)[C@@H](O)c2ccc3c(c2)OCCO3)cc1.[HH]. The molecule has 2 aliphatic rings. The van der Waals surface area contributed by atoms with Crippen LogP contribution in [0.4, 0.5) is 0 Å². The van der Waals surface area contributed by atoms with E-state index in [0.717, 1.165) is 38.0 Å². The summed E-state index contributed by atoms with van der Waals surface area (Å²) in [6.45, 7) is 4.72. The Morgan fingerprint density at radius 1 is 1.08 bits per heavy atom. The van der Waals surface area contributed by atoms with E-state index in [-0.39, 0.29) is 13.1 Å². The summed E-state index contributed by atoms with van der Waals surface area (Å²) in [6, 6.07) is 12.6. The number of ether oxygens (including phenoxy) is 3. The fourth-order valence-corrected chi connectivity index (χ4v) is 5.17. The van der Waals surface area contributed by atoms with Crippen molar-refractivity contribution in [3.8, 4) is 17.2 Å². The van der Waals surface area contributed by atoms with E-state index in [1.807, 2.05) is 18.2 Å². The van der Waals surface area contributed by atoms with Crippen LogP contribution >= 0.6 is 0 Å². The molecule has 208 valence electrons. The van der Waals surface area contributed by atoms with Gasteiger partial charge in [0.25, 0.3) is 0 Å². The molecule has 1 amide bonds. The number of unbranched alkanes of at least 4 members (excludes halogenated alkanes) is 2. The van der Waals surface area contributed by atoms with Crippen LogP contribution in [0.25, 0.3) is 0 Å². The number of amides is 1. The smallest absolute Gasteiger partial charge is 0.220 e. The zero-order chi connectivity index (χ0) is 26.9. The fourth-order valence-electron chi connectivity index (χ4n) is 5.17. The molecule has 2 aromatic carbocycles. The number of Topliss-reactive ketones (excluding diaryl/α,β-unsaturated/α-hetero) is 1. The summed E-state index contributed by atoms with van der Waals surface area (Å²) < 4.78 is 16.4. The molecule has 8 nitrogen and oxygen atoms in total. The largest absolute Gasteiger partial charge is 0.497 e. The Morgan fingerprint density at radius 3 is 2.53 bits per heavy atom. The molecule has 1 fully saturated rings. The van der Waals surface area contributed by atoms with Crippen LogP contribution in [0.3, 0.4) is 0 Å². The van der Waals surface area contributed by atoms with Gasteiger partial charge in [-0.15, -0.1) is 0 Å². The maximum Gasteiger partial charge on any atom is 0.220 e. The molecule has 0 spiro atoms. The summed E-state index contributed by atoms with van der Waals surface area (Å²) in [5.41, 5.74) is 1.37. The van der Waals surface area contributed by atoms with Gasteiger partial charge >= 0.3 is 0 Å². The Hall–Kier alpha value is -3.10. The average molecular weight is 527 g/mol. The van der Waals surface area contributed by atoms with Crippen molar-refractivity contribution in [3.05, 3.63) is 53.6 Å². The Morgan fingerprint density at radius 2 is 1.82 bits per heavy atom. The second-order valence-electron chi connectivity index (χ2n) is 10.2. The second-order valence-corrected chi connectivity index (χ2v) is 10.2. The Labute approximate surface area is 226 Å². The van der Waals surface area contributed by atoms with Crippen LogP contribution in [-0.4, -0.2) is 67.2 Å². The maximum atomic E-state index is 12.9. The van der Waals surface area contributed by atoms with Gasteiger partial charge in [-0.3, -0.25) is 14.5 Å². The lowest BCUT2D eigenvalue weighted by atomic mass is 10.00. The van der Waals surface area contributed by atoms with E-state index in [1.165, 1.54) is 0 Å². The van der Waals surface area contributed by atoms with Gasteiger partial charge in [-0.05, 0) is 81.1 Å². The number of likely N-dealkylation sites (tertiary alicyclic amines) is 1. The van der Waals surface area contributed by atoms with Crippen molar-refractivity contribution < 1.29 is 30.3 Å². The summed E-state index contributed by atoms with van der Waals surface area (Å²) in [5.74, 6) is 2.03. The third-order valence-electron chi connectivity index (χ3n) is 7.48. The normalized spacial score (nSPS) is 18.6. The standard InChI is InChI=1S/C30H40N2O6.H2/c1-21-7-6-16-32(21)20-25(30(35)23-12-15-27-28(19-23)38-18-17-37-27)31-29(34)9-5-3-4-8-26(33)22-10-13-24(36-2)14-11-22;/h10-15,19,21,25,30,35H,3-9,16-18,20H2,1-2H3,(H,31,34);1H/t21-,25+,30-;/m0./s1. The molecule has 38 heavy (non-hydrogen) atoms. The zero-order valence-electron chi connectivity index (χ0n) is 22.5. The quantitative estimate of drug-likeness (QED) is 0.292. The molecule has 0 saturated carbocycles. The lowest BCUT2D eigenvalue weighted by Gasteiger charge is -2.31. The van der Waals surface area contributed by atoms with Crippen molar-refractivity contribution in [2.24, 2.45) is 0 Å². The first-order valence-corrected chi connectivity index (χ1v) is 13.7. The van der Waals surface area contributed by atoms with Gasteiger partial charge in [0.15, 0.2) is 17.3 Å². The van der Waals surface area contributed by atoms with E-state index >= 15 is 0 Å². The van der Waals surface area contributed by atoms with Crippen molar-refractivity contribution in [1.29, 1.82) is 0 Å². The zero-order valence-corrected chi connectivity index (χ0v) is 22.5. The van der Waals surface area contributed by atoms with Crippen molar-refractivity contribution in [1.82, 2.24) is 10.2 Å². The number of fused-ring (bicyclic) bond motifs is 1. The molecule has 0 unspecified atom stereocenters. The van der Waals surface area contributed by atoms with Crippen LogP contribution in [0.2, 0.25) is 0 Å². The number of rotatable bonds is 13. The van der Waals surface area contributed by atoms with Gasteiger partial charge in [0.05, 0.1) is 13.2 Å². The predicted octanol–water partition coefficient (Wildman–Crippen LogP) is 4.55. The number of hydrogen-bond acceptors (Lipinski definition) is 7. The van der Waals surface area contributed by atoms with E-state index in [1.54, 1.807) is 31.4 Å². The summed E-state index contributed by atoms with van der Waals surface area (Å²) in [7, 11) is 1.60. The van der Waals surface area contributed by atoms with Crippen LogP contribution in [0.5, 0.6) is 17.2 Å². The van der Waals surface area contributed by atoms with Gasteiger partial charge in [-0.1, -0.05) is 12.5 Å². The van der Waals surface area contributed by atoms with Crippen LogP contribution in [0, 0.1) is 0 Å². The number of carbonyl (C=O) groups is 2. The van der Waals surface area contributed by atoms with Gasteiger partial charge in [0.1, 0.15) is 25.1 Å². The van der Waals surface area contributed by atoms with E-state index in [4.69, 9.17) is 14.2 Å². The highest BCUT2D eigenvalue weighted by atomic mass is 16.6. The number of carbonyl (C=O) groups excluding carboxylic acids is 2. The first-order valence-electron chi connectivity index (χ1n) is 13.7. The van der Waals surface area contributed by atoms with Crippen molar-refractivity contribution in [2.75, 3.05) is 33.4 Å². The fraction of sp³-hybridized carbons (Fsp3) is 0.533. The lowest BCUT2D eigenvalue weighted by Crippen LogP contribution is -2.48. The van der Waals surface area contributed by atoms with Crippen molar-refractivity contribution >= 4 is 11.7 Å². The first kappa shape index (κ1) is 27.9. The topological polar surface area (TPSA) is 97.3 Å². The van der Waals surface area contributed by atoms with Gasteiger partial charge in [0.2, 0.25) is 5.91 Å². The highest BCUT2D eigenvalue weighted by Crippen LogP contribution is 2.34. The van der Waals surface area contributed by atoms with Gasteiger partial charge in [0, 0.05) is 32.4 Å². The highest BCUT2D eigenvalue weighted by Gasteiger charge is 2.30. The number of benzene rings is 2. The minimum absolute atomic E-state index is 0. The lowest BCUT2D eigenvalue weighted by molar-refractivity contribution is -0.123. The summed E-state index contributed by atoms with van der Waals surface area (Å²) in [6.07, 6.45) is 4.38. The molecule has 3 atom stereocenters. The summed E-state index contributed by atoms with van der Waals surface area (Å²) in [5, 5.41) is 14.4. The molecule has 0 radical (unpaired) electrons. The number of aliphatic hydroxyl groups is 1. The molecule has 2 aromatic rings. The molecule has 2 N–H and O–H groups in total. The number of nitrogens with one attached hydrogen (secondary N) is 1. The molecule has 0 aliphatic carbocycles. The van der Waals surface area contributed by atoms with Gasteiger partial charge in [-0.25, -0.2) is 0 Å². The number of nitrogens with zero attached hydrogens (tertiary/aromatic N) is 1. The molecular weight excluding hydrogens is 484 g/mol. The predicted molar refractivity (Wildman–Crippen MR) is 147 cm³/mol. The molecule has 1 saturated heterocycles. The number of hydrogen-bond donors (Lipinski definition) is 2. The molecule has 0 aromatic heterocycles. The van der Waals surface area contributed by atoms with Gasteiger partial charge < -0.3 is 24.6 Å². The molecule has 2 aliphatic heterocycles. The van der Waals surface area contributed by atoms with Crippen molar-refractivity contribution in [3.63, 3.8) is 0 Å². The molecule has 4 rings (SSSR count). The van der Waals surface area contributed by atoms with Crippen LogP contribution < -0.4 is 19.5 Å². The Balaban J connectivity index is 0.00000420. The van der Waals surface area contributed by atoms with E-state index in [2.05, 4.69) is 17.1 Å². The van der Waals surface area contributed by atoms with Crippen LogP contribution in [0.15, 0.2) is 42.5 Å². The molecule has 8 heteroatoms. The minimum Gasteiger partial charge on any atom is -0.497 e. The van der Waals surface area contributed by atoms with E-state index in [9.17, 15) is 14.7 Å². The second kappa shape index (κ2) is 13.6. The average Bonchev–Trinajstić information content (AvgIpc) is 3.35. The summed E-state index contributed by atoms with van der Waals surface area (Å²) in [4.78, 5) is 27.6. The van der Waals surface area contributed by atoms with E-state index in [0.29, 0.717) is 67.7 Å². The van der Waals surface area contributed by atoms with Crippen molar-refractivity contribution in [2.45, 2.75) is 70.1 Å².